The van der Waals surface area contributed by atoms with Gasteiger partial charge >= 0.3 is 0 Å². The van der Waals surface area contributed by atoms with Gasteiger partial charge in [0.25, 0.3) is 11.1 Å². The van der Waals surface area contributed by atoms with Crippen LogP contribution in [-0.2, 0) is 19.7 Å². The highest BCUT2D eigenvalue weighted by atomic mass is 16.7. The van der Waals surface area contributed by atoms with Crippen molar-refractivity contribution >= 4 is 45.1 Å². The van der Waals surface area contributed by atoms with Crippen molar-refractivity contribution in [3.05, 3.63) is 141 Å². The Kier molecular flexibility index (Phi) is 11.4. The molecule has 0 saturated heterocycles. The van der Waals surface area contributed by atoms with Crippen molar-refractivity contribution in [3.8, 4) is 0 Å². The lowest BCUT2D eigenvalue weighted by molar-refractivity contribution is 0.0979. The summed E-state index contributed by atoms with van der Waals surface area (Å²) in [6.45, 7) is 4.94. The molecule has 7 rings (SSSR count). The molecule has 0 fully saturated rings. The monoisotopic (exact) mass is 742 g/mol. The molecule has 16 nitrogen and oxygen atoms in total. The standard InChI is InChI=1S/C23H24N6O2.C16H18N6O2/c1-16-22-19(24-12-18-9-10-20(25-13-18)28(2)3)11-21(30)29(23(22)27-15-26-16)31-14-17-7-5-4-6-8-17;1-10-15-12(6-14(23)22(24)16(15)20-9-19-10)17-7-11-4-5-13(18-8-11)21(2)3/h4-11,13,15,24H,12,14H2,1-3H3;4-6,8-9,17,24H,7H2,1-3H3. The Hall–Kier alpha value is -7.10. The lowest BCUT2D eigenvalue weighted by atomic mass is 10.2. The molecule has 0 aliphatic rings. The van der Waals surface area contributed by atoms with Crippen molar-refractivity contribution in [1.82, 2.24) is 39.4 Å². The summed E-state index contributed by atoms with van der Waals surface area (Å²) in [6, 6.07) is 20.4. The number of nitrogens with zero attached hydrogens (tertiary/aromatic N) is 10. The Bertz CT molecular complexity index is 2520. The molecule has 0 spiro atoms. The summed E-state index contributed by atoms with van der Waals surface area (Å²) in [7, 11) is 7.76. The van der Waals surface area contributed by atoms with Gasteiger partial charge in [0.15, 0.2) is 11.3 Å². The van der Waals surface area contributed by atoms with Gasteiger partial charge in [-0.05, 0) is 42.7 Å². The van der Waals surface area contributed by atoms with Gasteiger partial charge < -0.3 is 30.5 Å². The first-order chi connectivity index (χ1) is 26.5. The third kappa shape index (κ3) is 8.76. The van der Waals surface area contributed by atoms with E-state index in [1.807, 2.05) is 106 Å². The number of fused-ring (bicyclic) bond motifs is 2. The average molecular weight is 743 g/mol. The van der Waals surface area contributed by atoms with Gasteiger partial charge in [-0.1, -0.05) is 42.5 Å². The van der Waals surface area contributed by atoms with Crippen LogP contribution in [0.2, 0.25) is 0 Å². The number of benzene rings is 1. The van der Waals surface area contributed by atoms with Gasteiger partial charge in [-0.25, -0.2) is 29.9 Å². The molecule has 55 heavy (non-hydrogen) atoms. The number of pyridine rings is 4. The molecule has 6 heterocycles. The zero-order chi connectivity index (χ0) is 39.1. The predicted molar refractivity (Wildman–Crippen MR) is 213 cm³/mol. The first kappa shape index (κ1) is 37.7. The van der Waals surface area contributed by atoms with Crippen molar-refractivity contribution in [3.63, 3.8) is 0 Å². The molecule has 7 aromatic rings. The summed E-state index contributed by atoms with van der Waals surface area (Å²) in [6.07, 6.45) is 6.35. The molecule has 0 atom stereocenters. The van der Waals surface area contributed by atoms with Gasteiger partial charge in [0.1, 0.15) is 30.9 Å². The first-order valence-corrected chi connectivity index (χ1v) is 17.3. The highest BCUT2D eigenvalue weighted by Gasteiger charge is 2.15. The van der Waals surface area contributed by atoms with E-state index in [1.165, 1.54) is 29.5 Å². The fourth-order valence-corrected chi connectivity index (χ4v) is 5.67. The lowest BCUT2D eigenvalue weighted by Crippen LogP contribution is -2.28. The summed E-state index contributed by atoms with van der Waals surface area (Å²) in [5.74, 6) is 1.76. The van der Waals surface area contributed by atoms with Crippen molar-refractivity contribution in [2.75, 3.05) is 48.6 Å². The second-order valence-corrected chi connectivity index (χ2v) is 13.0. The number of hydrogen-bond donors (Lipinski definition) is 3. The topological polar surface area (TPSA) is 181 Å². The van der Waals surface area contributed by atoms with Crippen LogP contribution in [0.4, 0.5) is 23.0 Å². The van der Waals surface area contributed by atoms with Crippen LogP contribution in [0.25, 0.3) is 22.1 Å². The molecule has 282 valence electrons. The molecular weight excluding hydrogens is 701 g/mol. The normalized spacial score (nSPS) is 10.8. The molecule has 6 aromatic heterocycles. The van der Waals surface area contributed by atoms with E-state index in [0.29, 0.717) is 45.9 Å². The zero-order valence-electron chi connectivity index (χ0n) is 31.4. The van der Waals surface area contributed by atoms with Gasteiger partial charge in [-0.3, -0.25) is 9.59 Å². The maximum Gasteiger partial charge on any atom is 0.287 e. The van der Waals surface area contributed by atoms with Crippen LogP contribution in [0.15, 0.2) is 101 Å². The van der Waals surface area contributed by atoms with E-state index in [1.54, 1.807) is 13.1 Å². The number of anilines is 4. The molecule has 0 aliphatic heterocycles. The van der Waals surface area contributed by atoms with E-state index in [9.17, 15) is 14.8 Å². The van der Waals surface area contributed by atoms with E-state index in [0.717, 1.165) is 39.4 Å². The van der Waals surface area contributed by atoms with Gasteiger partial charge in [0.05, 0.1) is 33.5 Å². The Morgan fingerprint density at radius 3 is 1.65 bits per heavy atom. The van der Waals surface area contributed by atoms with Gasteiger partial charge in [0.2, 0.25) is 0 Å². The van der Waals surface area contributed by atoms with E-state index in [4.69, 9.17) is 4.84 Å². The maximum absolute atomic E-state index is 12.8. The second-order valence-electron chi connectivity index (χ2n) is 13.0. The zero-order valence-corrected chi connectivity index (χ0v) is 31.4. The fraction of sp³-hybridized carbons (Fsp3) is 0.231. The molecule has 3 N–H and O–H groups in total. The molecule has 1 aromatic carbocycles. The number of nitrogens with one attached hydrogen (secondary N) is 2. The smallest absolute Gasteiger partial charge is 0.287 e. The minimum Gasteiger partial charge on any atom is -0.423 e. The van der Waals surface area contributed by atoms with E-state index in [2.05, 4.69) is 40.5 Å². The fourth-order valence-electron chi connectivity index (χ4n) is 5.67. The number of rotatable bonds is 11. The highest BCUT2D eigenvalue weighted by Crippen LogP contribution is 2.24. The molecule has 0 bridgehead atoms. The summed E-state index contributed by atoms with van der Waals surface area (Å²) in [4.78, 5) is 60.0. The van der Waals surface area contributed by atoms with Crippen molar-refractivity contribution in [1.29, 1.82) is 0 Å². The summed E-state index contributed by atoms with van der Waals surface area (Å²) in [5.41, 5.74) is 5.35. The summed E-state index contributed by atoms with van der Waals surface area (Å²) in [5, 5.41) is 17.7. The van der Waals surface area contributed by atoms with Crippen LogP contribution in [0.1, 0.15) is 28.1 Å². The molecule has 0 amide bonds. The van der Waals surface area contributed by atoms with E-state index < -0.39 is 5.56 Å². The minimum atomic E-state index is -0.552. The quantitative estimate of drug-likeness (QED) is 0.160. The minimum absolute atomic E-state index is 0.179. The third-order valence-corrected chi connectivity index (χ3v) is 8.61. The molecule has 0 unspecified atom stereocenters. The van der Waals surface area contributed by atoms with Crippen LogP contribution in [-0.4, -0.2) is 72.8 Å². The van der Waals surface area contributed by atoms with Crippen molar-refractivity contribution < 1.29 is 10.0 Å². The first-order valence-electron chi connectivity index (χ1n) is 17.3. The molecular formula is C39H42N12O4. The highest BCUT2D eigenvalue weighted by molar-refractivity contribution is 5.91. The lowest BCUT2D eigenvalue weighted by Gasteiger charge is -2.16. The predicted octanol–water partition coefficient (Wildman–Crippen LogP) is 4.21. The van der Waals surface area contributed by atoms with Gasteiger partial charge in [0, 0.05) is 65.8 Å². The van der Waals surface area contributed by atoms with Crippen LogP contribution in [0, 0.1) is 13.8 Å². The second kappa shape index (κ2) is 16.7. The SMILES string of the molecule is Cc1ncnc2c1c(NCc1ccc(N(C)C)nc1)cc(=O)n2O.Cc1ncnc2c1c(NCc1ccc(N(C)C)nc1)cc(=O)n2OCc1ccccc1. The molecule has 16 heteroatoms. The van der Waals surface area contributed by atoms with Crippen LogP contribution in [0.3, 0.4) is 0 Å². The van der Waals surface area contributed by atoms with Crippen molar-refractivity contribution in [2.24, 2.45) is 0 Å². The largest absolute Gasteiger partial charge is 0.423 e. The summed E-state index contributed by atoms with van der Waals surface area (Å²) >= 11 is 0. The van der Waals surface area contributed by atoms with Crippen LogP contribution in [0.5, 0.6) is 0 Å². The number of aryl methyl sites for hydroxylation is 2. The Morgan fingerprint density at radius 2 is 1.15 bits per heavy atom. The Labute approximate surface area is 316 Å². The number of hydrogen-bond acceptors (Lipinski definition) is 14. The Morgan fingerprint density at radius 1 is 0.636 bits per heavy atom. The van der Waals surface area contributed by atoms with E-state index >= 15 is 0 Å². The van der Waals surface area contributed by atoms with Crippen LogP contribution < -0.4 is 36.4 Å². The van der Waals surface area contributed by atoms with Crippen molar-refractivity contribution in [2.45, 2.75) is 33.5 Å². The van der Waals surface area contributed by atoms with Crippen LogP contribution >= 0.6 is 0 Å². The molecule has 0 saturated carbocycles. The maximum atomic E-state index is 12.8. The Balaban J connectivity index is 0.000000193. The van der Waals surface area contributed by atoms with Gasteiger partial charge in [-0.15, -0.1) is 9.46 Å². The molecule has 0 radical (unpaired) electrons. The van der Waals surface area contributed by atoms with E-state index in [-0.39, 0.29) is 17.8 Å². The third-order valence-electron chi connectivity index (χ3n) is 8.61. The summed E-state index contributed by atoms with van der Waals surface area (Å²) < 4.78 is 1.76. The molecule has 0 aliphatic carbocycles. The number of aromatic nitrogens is 8. The average Bonchev–Trinajstić information content (AvgIpc) is 3.18. The van der Waals surface area contributed by atoms with Gasteiger partial charge in [-0.2, -0.15) is 0 Å².